The third-order valence-corrected chi connectivity index (χ3v) is 4.87. The maximum absolute atomic E-state index is 12.8. The van der Waals surface area contributed by atoms with E-state index in [1.807, 2.05) is 31.2 Å². The summed E-state index contributed by atoms with van der Waals surface area (Å²) in [6, 6.07) is 13.4. The molecule has 134 valence electrons. The first-order chi connectivity index (χ1) is 12.4. The number of hydrogen-bond donors (Lipinski definition) is 2. The molecule has 1 aliphatic rings. The molecule has 0 aromatic heterocycles. The Morgan fingerprint density at radius 2 is 1.65 bits per heavy atom. The monoisotopic (exact) mass is 353 g/mol. The molecule has 2 atom stereocenters. The number of nitrogens with zero attached hydrogens (tertiary/aromatic N) is 1. The summed E-state index contributed by atoms with van der Waals surface area (Å²) in [6.45, 7) is 2.32. The minimum atomic E-state index is -1.11. The van der Waals surface area contributed by atoms with Gasteiger partial charge >= 0.3 is 11.9 Å². The number of aryl methyl sites for hydroxylation is 1. The number of carbonyl (C=O) groups excluding carboxylic acids is 1. The fourth-order valence-corrected chi connectivity index (χ4v) is 3.51. The Bertz CT molecular complexity index is 876. The normalized spacial score (nSPS) is 19.3. The standard InChI is InChI=1S/C20H19NO5/c1-12-5-2-3-8-15(12)16-10-21(11-17(16)20(25)26)18(22)13-6-4-7-14(9-13)19(23)24/h2-9,16-17H,10-11H2,1H3,(H,23,24)(H,25,26)/t16-,17+/m0/s1. The van der Waals surface area contributed by atoms with Gasteiger partial charge in [0.05, 0.1) is 11.5 Å². The number of carboxylic acids is 2. The van der Waals surface area contributed by atoms with Crippen LogP contribution in [-0.2, 0) is 4.79 Å². The number of amides is 1. The van der Waals surface area contributed by atoms with Gasteiger partial charge in [-0.15, -0.1) is 0 Å². The third kappa shape index (κ3) is 3.31. The topological polar surface area (TPSA) is 94.9 Å². The summed E-state index contributed by atoms with van der Waals surface area (Å²) < 4.78 is 0. The van der Waals surface area contributed by atoms with Crippen LogP contribution in [0.3, 0.4) is 0 Å². The Labute approximate surface area is 150 Å². The van der Waals surface area contributed by atoms with Crippen molar-refractivity contribution < 1.29 is 24.6 Å². The lowest BCUT2D eigenvalue weighted by Gasteiger charge is -2.18. The van der Waals surface area contributed by atoms with Crippen LogP contribution >= 0.6 is 0 Å². The molecule has 1 amide bonds. The number of rotatable bonds is 4. The van der Waals surface area contributed by atoms with Gasteiger partial charge < -0.3 is 15.1 Å². The largest absolute Gasteiger partial charge is 0.481 e. The molecule has 26 heavy (non-hydrogen) atoms. The van der Waals surface area contributed by atoms with Crippen LogP contribution in [0, 0.1) is 12.8 Å². The predicted molar refractivity (Wildman–Crippen MR) is 94.4 cm³/mol. The van der Waals surface area contributed by atoms with Gasteiger partial charge in [-0.2, -0.15) is 0 Å². The Balaban J connectivity index is 1.89. The lowest BCUT2D eigenvalue weighted by atomic mass is 9.86. The van der Waals surface area contributed by atoms with E-state index in [1.165, 1.54) is 23.1 Å². The average molecular weight is 353 g/mol. The van der Waals surface area contributed by atoms with Crippen molar-refractivity contribution in [1.29, 1.82) is 0 Å². The SMILES string of the molecule is Cc1ccccc1[C@@H]1CN(C(=O)c2cccc(C(=O)O)c2)C[C@H]1C(=O)O. The number of aromatic carboxylic acids is 1. The van der Waals surface area contributed by atoms with Crippen molar-refractivity contribution >= 4 is 17.8 Å². The van der Waals surface area contributed by atoms with E-state index in [1.54, 1.807) is 6.07 Å². The van der Waals surface area contributed by atoms with E-state index in [-0.39, 0.29) is 36.0 Å². The van der Waals surface area contributed by atoms with E-state index < -0.39 is 17.9 Å². The van der Waals surface area contributed by atoms with Gasteiger partial charge in [-0.1, -0.05) is 30.3 Å². The zero-order chi connectivity index (χ0) is 18.8. The lowest BCUT2D eigenvalue weighted by Crippen LogP contribution is -2.30. The van der Waals surface area contributed by atoms with Crippen LogP contribution in [0.1, 0.15) is 37.8 Å². The number of carbonyl (C=O) groups is 3. The number of carboxylic acid groups (broad SMARTS) is 2. The van der Waals surface area contributed by atoms with Crippen LogP contribution in [0.5, 0.6) is 0 Å². The molecule has 6 heteroatoms. The van der Waals surface area contributed by atoms with Crippen molar-refractivity contribution in [3.63, 3.8) is 0 Å². The van der Waals surface area contributed by atoms with Crippen LogP contribution in [0.4, 0.5) is 0 Å². The second kappa shape index (κ2) is 7.00. The maximum atomic E-state index is 12.8. The van der Waals surface area contributed by atoms with Crippen molar-refractivity contribution in [1.82, 2.24) is 4.90 Å². The van der Waals surface area contributed by atoms with Crippen LogP contribution in [0.2, 0.25) is 0 Å². The first-order valence-corrected chi connectivity index (χ1v) is 8.29. The van der Waals surface area contributed by atoms with Gasteiger partial charge in [0.2, 0.25) is 0 Å². The van der Waals surface area contributed by atoms with Crippen molar-refractivity contribution in [2.45, 2.75) is 12.8 Å². The fourth-order valence-electron chi connectivity index (χ4n) is 3.51. The van der Waals surface area contributed by atoms with Gasteiger partial charge in [0.25, 0.3) is 5.91 Å². The number of hydrogen-bond acceptors (Lipinski definition) is 3. The molecule has 1 aliphatic heterocycles. The van der Waals surface area contributed by atoms with Crippen LogP contribution in [0.25, 0.3) is 0 Å². The molecule has 2 N–H and O–H groups in total. The highest BCUT2D eigenvalue weighted by Crippen LogP contribution is 2.35. The fraction of sp³-hybridized carbons (Fsp3) is 0.250. The Kier molecular flexibility index (Phi) is 4.75. The van der Waals surface area contributed by atoms with Gasteiger partial charge in [0.15, 0.2) is 0 Å². The second-order valence-electron chi connectivity index (χ2n) is 6.50. The molecular weight excluding hydrogens is 334 g/mol. The second-order valence-corrected chi connectivity index (χ2v) is 6.50. The number of benzene rings is 2. The summed E-state index contributed by atoms with van der Waals surface area (Å²) in [5.41, 5.74) is 2.19. The Morgan fingerprint density at radius 1 is 0.962 bits per heavy atom. The third-order valence-electron chi connectivity index (χ3n) is 4.87. The molecule has 0 spiro atoms. The Hall–Kier alpha value is -3.15. The molecular formula is C20H19NO5. The molecule has 1 fully saturated rings. The highest BCUT2D eigenvalue weighted by atomic mass is 16.4. The summed E-state index contributed by atoms with van der Waals surface area (Å²) in [7, 11) is 0. The van der Waals surface area contributed by atoms with E-state index in [2.05, 4.69) is 0 Å². The van der Waals surface area contributed by atoms with Gasteiger partial charge in [-0.25, -0.2) is 4.79 Å². The Morgan fingerprint density at radius 3 is 2.31 bits per heavy atom. The molecule has 3 rings (SSSR count). The molecule has 0 saturated carbocycles. The summed E-state index contributed by atoms with van der Waals surface area (Å²) in [6.07, 6.45) is 0. The molecule has 0 aliphatic carbocycles. The van der Waals surface area contributed by atoms with E-state index in [0.717, 1.165) is 11.1 Å². The minimum absolute atomic E-state index is 0.0280. The van der Waals surface area contributed by atoms with Crippen molar-refractivity contribution in [3.05, 3.63) is 70.8 Å². The molecule has 0 unspecified atom stereocenters. The van der Waals surface area contributed by atoms with Gasteiger partial charge in [0.1, 0.15) is 0 Å². The van der Waals surface area contributed by atoms with Crippen molar-refractivity contribution in [3.8, 4) is 0 Å². The molecule has 1 saturated heterocycles. The summed E-state index contributed by atoms with van der Waals surface area (Å²) in [5.74, 6) is -3.38. The quantitative estimate of drug-likeness (QED) is 0.881. The van der Waals surface area contributed by atoms with E-state index >= 15 is 0 Å². The first kappa shape index (κ1) is 17.7. The molecule has 1 heterocycles. The number of likely N-dealkylation sites (tertiary alicyclic amines) is 1. The van der Waals surface area contributed by atoms with Gasteiger partial charge in [-0.3, -0.25) is 9.59 Å². The molecule has 2 aromatic carbocycles. The minimum Gasteiger partial charge on any atom is -0.481 e. The lowest BCUT2D eigenvalue weighted by molar-refractivity contribution is -0.141. The maximum Gasteiger partial charge on any atom is 0.335 e. The zero-order valence-electron chi connectivity index (χ0n) is 14.3. The predicted octanol–water partition coefficient (Wildman–Crippen LogP) is 2.63. The zero-order valence-corrected chi connectivity index (χ0v) is 14.3. The molecule has 6 nitrogen and oxygen atoms in total. The van der Waals surface area contributed by atoms with E-state index in [9.17, 15) is 19.5 Å². The average Bonchev–Trinajstić information content (AvgIpc) is 3.07. The van der Waals surface area contributed by atoms with Crippen LogP contribution < -0.4 is 0 Å². The van der Waals surface area contributed by atoms with E-state index in [4.69, 9.17) is 5.11 Å². The number of aliphatic carboxylic acids is 1. The molecule has 0 radical (unpaired) electrons. The highest BCUT2D eigenvalue weighted by molar-refractivity contribution is 5.98. The van der Waals surface area contributed by atoms with E-state index in [0.29, 0.717) is 0 Å². The molecule has 2 aromatic rings. The van der Waals surface area contributed by atoms with Crippen molar-refractivity contribution in [2.24, 2.45) is 5.92 Å². The smallest absolute Gasteiger partial charge is 0.335 e. The first-order valence-electron chi connectivity index (χ1n) is 8.29. The van der Waals surface area contributed by atoms with Crippen LogP contribution in [-0.4, -0.2) is 46.0 Å². The van der Waals surface area contributed by atoms with Gasteiger partial charge in [-0.05, 0) is 36.2 Å². The van der Waals surface area contributed by atoms with Crippen molar-refractivity contribution in [2.75, 3.05) is 13.1 Å². The van der Waals surface area contributed by atoms with Crippen LogP contribution in [0.15, 0.2) is 48.5 Å². The summed E-state index contributed by atoms with van der Waals surface area (Å²) in [4.78, 5) is 37.1. The highest BCUT2D eigenvalue weighted by Gasteiger charge is 2.41. The van der Waals surface area contributed by atoms with Gasteiger partial charge in [0, 0.05) is 24.6 Å². The molecule has 0 bridgehead atoms. The summed E-state index contributed by atoms with van der Waals surface area (Å²) in [5, 5.41) is 18.7. The summed E-state index contributed by atoms with van der Waals surface area (Å²) >= 11 is 0.